The third-order valence-corrected chi connectivity index (χ3v) is 4.94. The largest absolute Gasteiger partial charge is 0.307 e. The molecule has 1 amide bonds. The van der Waals surface area contributed by atoms with Gasteiger partial charge in [0.25, 0.3) is 5.91 Å². The third kappa shape index (κ3) is 2.96. The SMILES string of the molecule is Cn1c(Cc2csc(NC(=O)c3n[nH]c4ccccc34)n2)n[nH]c1=S. The molecule has 3 heterocycles. The number of carbonyl (C=O) groups excluding carboxylic acids is 1. The number of aromatic amines is 2. The van der Waals surface area contributed by atoms with Crippen LogP contribution in [0.3, 0.4) is 0 Å². The van der Waals surface area contributed by atoms with E-state index in [1.54, 1.807) is 4.57 Å². The highest BCUT2D eigenvalue weighted by molar-refractivity contribution is 7.71. The predicted octanol–water partition coefficient (Wildman–Crippen LogP) is 2.65. The molecule has 0 aliphatic rings. The molecule has 0 spiro atoms. The molecule has 10 heteroatoms. The number of anilines is 1. The van der Waals surface area contributed by atoms with Gasteiger partial charge in [-0.3, -0.25) is 20.3 Å². The minimum atomic E-state index is -0.295. The van der Waals surface area contributed by atoms with Gasteiger partial charge >= 0.3 is 0 Å². The number of nitrogens with one attached hydrogen (secondary N) is 3. The summed E-state index contributed by atoms with van der Waals surface area (Å²) in [5.41, 5.74) is 1.98. The number of benzene rings is 1. The van der Waals surface area contributed by atoms with Gasteiger partial charge in [-0.05, 0) is 18.3 Å². The predicted molar refractivity (Wildman–Crippen MR) is 97.4 cm³/mol. The summed E-state index contributed by atoms with van der Waals surface area (Å²) in [6.45, 7) is 0. The quantitative estimate of drug-likeness (QED) is 0.479. The van der Waals surface area contributed by atoms with Crippen molar-refractivity contribution in [2.24, 2.45) is 7.05 Å². The van der Waals surface area contributed by atoms with Crippen molar-refractivity contribution in [3.05, 3.63) is 51.6 Å². The number of amides is 1. The van der Waals surface area contributed by atoms with Gasteiger partial charge in [0.05, 0.1) is 17.6 Å². The molecule has 1 aromatic carbocycles. The third-order valence-electron chi connectivity index (χ3n) is 3.77. The van der Waals surface area contributed by atoms with Crippen molar-refractivity contribution in [2.75, 3.05) is 5.32 Å². The number of hydrogen-bond donors (Lipinski definition) is 3. The summed E-state index contributed by atoms with van der Waals surface area (Å²) in [6.07, 6.45) is 0.529. The van der Waals surface area contributed by atoms with E-state index >= 15 is 0 Å². The van der Waals surface area contributed by atoms with Crippen LogP contribution >= 0.6 is 23.6 Å². The Morgan fingerprint density at radius 3 is 2.96 bits per heavy atom. The lowest BCUT2D eigenvalue weighted by Crippen LogP contribution is -2.12. The lowest BCUT2D eigenvalue weighted by atomic mass is 10.2. The van der Waals surface area contributed by atoms with Gasteiger partial charge < -0.3 is 4.57 Å². The molecule has 126 valence electrons. The van der Waals surface area contributed by atoms with Crippen molar-refractivity contribution in [2.45, 2.75) is 6.42 Å². The summed E-state index contributed by atoms with van der Waals surface area (Å²) in [5, 5.41) is 19.8. The zero-order valence-corrected chi connectivity index (χ0v) is 14.7. The molecule has 0 radical (unpaired) electrons. The first-order valence-corrected chi connectivity index (χ1v) is 8.70. The number of aromatic nitrogens is 6. The fraction of sp³-hybridized carbons (Fsp3) is 0.133. The maximum Gasteiger partial charge on any atom is 0.278 e. The highest BCUT2D eigenvalue weighted by atomic mass is 32.1. The van der Waals surface area contributed by atoms with E-state index in [0.29, 0.717) is 22.0 Å². The summed E-state index contributed by atoms with van der Waals surface area (Å²) in [5.74, 6) is 0.489. The summed E-state index contributed by atoms with van der Waals surface area (Å²) in [4.78, 5) is 16.9. The second kappa shape index (κ2) is 6.22. The number of fused-ring (bicyclic) bond motifs is 1. The second-order valence-electron chi connectivity index (χ2n) is 5.40. The van der Waals surface area contributed by atoms with Crippen LogP contribution in [-0.2, 0) is 13.5 Å². The highest BCUT2D eigenvalue weighted by Gasteiger charge is 2.16. The summed E-state index contributed by atoms with van der Waals surface area (Å²) < 4.78 is 2.35. The van der Waals surface area contributed by atoms with Crippen molar-refractivity contribution >= 4 is 45.5 Å². The minimum Gasteiger partial charge on any atom is -0.307 e. The number of hydrogen-bond acceptors (Lipinski definition) is 6. The number of nitrogens with zero attached hydrogens (tertiary/aromatic N) is 4. The molecule has 0 atom stereocenters. The normalized spacial score (nSPS) is 11.1. The molecule has 0 aliphatic carbocycles. The smallest absolute Gasteiger partial charge is 0.278 e. The van der Waals surface area contributed by atoms with Gasteiger partial charge in [-0.25, -0.2) is 4.98 Å². The summed E-state index contributed by atoms with van der Waals surface area (Å²) in [7, 11) is 1.85. The van der Waals surface area contributed by atoms with Crippen molar-refractivity contribution in [3.8, 4) is 0 Å². The molecule has 3 aromatic heterocycles. The lowest BCUT2D eigenvalue weighted by Gasteiger charge is -1.99. The first-order valence-electron chi connectivity index (χ1n) is 7.41. The van der Waals surface area contributed by atoms with Gasteiger partial charge in [-0.15, -0.1) is 11.3 Å². The highest BCUT2D eigenvalue weighted by Crippen LogP contribution is 2.20. The first kappa shape index (κ1) is 15.7. The average molecular weight is 371 g/mol. The zero-order valence-electron chi connectivity index (χ0n) is 13.1. The lowest BCUT2D eigenvalue weighted by molar-refractivity contribution is 0.102. The standard InChI is InChI=1S/C15H13N7OS2/c1-22-11(19-21-15(22)24)6-8-7-25-14(16-8)17-13(23)12-9-4-2-3-5-10(9)18-20-12/h2-5,7H,6H2,1H3,(H,18,20)(H,21,24)(H,16,17,23). The van der Waals surface area contributed by atoms with E-state index in [1.807, 2.05) is 36.7 Å². The molecule has 4 rings (SSSR count). The van der Waals surface area contributed by atoms with E-state index in [9.17, 15) is 4.79 Å². The maximum absolute atomic E-state index is 12.5. The van der Waals surface area contributed by atoms with Gasteiger partial charge in [0.15, 0.2) is 15.6 Å². The van der Waals surface area contributed by atoms with Crippen LogP contribution in [0.25, 0.3) is 10.9 Å². The van der Waals surface area contributed by atoms with Gasteiger partial charge in [-0.2, -0.15) is 10.2 Å². The van der Waals surface area contributed by atoms with Gasteiger partial charge in [0, 0.05) is 17.8 Å². The van der Waals surface area contributed by atoms with Gasteiger partial charge in [-0.1, -0.05) is 18.2 Å². The number of H-pyrrole nitrogens is 2. The van der Waals surface area contributed by atoms with Crippen molar-refractivity contribution in [3.63, 3.8) is 0 Å². The molecule has 25 heavy (non-hydrogen) atoms. The van der Waals surface area contributed by atoms with Crippen molar-refractivity contribution in [1.29, 1.82) is 0 Å². The molecular weight excluding hydrogens is 358 g/mol. The van der Waals surface area contributed by atoms with Crippen molar-refractivity contribution < 1.29 is 4.79 Å². The Kier molecular flexibility index (Phi) is 3.90. The molecule has 8 nitrogen and oxygen atoms in total. The Labute approximate surface area is 150 Å². The molecular formula is C15H13N7OS2. The van der Waals surface area contributed by atoms with Crippen LogP contribution in [0.4, 0.5) is 5.13 Å². The van der Waals surface area contributed by atoms with Crippen LogP contribution in [0.5, 0.6) is 0 Å². The van der Waals surface area contributed by atoms with E-state index in [2.05, 4.69) is 30.7 Å². The van der Waals surface area contributed by atoms with Crippen molar-refractivity contribution in [1.82, 2.24) is 29.9 Å². The second-order valence-corrected chi connectivity index (χ2v) is 6.64. The average Bonchev–Trinajstić information content (AvgIpc) is 3.30. The van der Waals surface area contributed by atoms with Crippen LogP contribution in [0.1, 0.15) is 22.0 Å². The number of para-hydroxylation sites is 1. The molecule has 3 N–H and O–H groups in total. The van der Waals surface area contributed by atoms with Crippen LogP contribution in [0, 0.1) is 4.77 Å². The fourth-order valence-electron chi connectivity index (χ4n) is 2.44. The van der Waals surface area contributed by atoms with Crippen LogP contribution < -0.4 is 5.32 Å². The Bertz CT molecular complexity index is 1120. The molecule has 0 fully saturated rings. The fourth-order valence-corrected chi connectivity index (χ4v) is 3.29. The molecule has 4 aromatic rings. The van der Waals surface area contributed by atoms with E-state index in [1.165, 1.54) is 11.3 Å². The Morgan fingerprint density at radius 2 is 2.16 bits per heavy atom. The van der Waals surface area contributed by atoms with Gasteiger partial charge in [0.2, 0.25) is 0 Å². The first-order chi connectivity index (χ1) is 12.1. The molecule has 0 saturated heterocycles. The van der Waals surface area contributed by atoms with Crippen LogP contribution in [0.2, 0.25) is 0 Å². The molecule has 0 unspecified atom stereocenters. The Hall–Kier alpha value is -2.85. The number of thiazole rings is 1. The minimum absolute atomic E-state index is 0.295. The molecule has 0 aliphatic heterocycles. The number of carbonyl (C=O) groups is 1. The van der Waals surface area contributed by atoms with E-state index in [0.717, 1.165) is 22.4 Å². The van der Waals surface area contributed by atoms with Gasteiger partial charge in [0.1, 0.15) is 5.82 Å². The Morgan fingerprint density at radius 1 is 1.32 bits per heavy atom. The number of rotatable bonds is 4. The zero-order chi connectivity index (χ0) is 17.4. The van der Waals surface area contributed by atoms with E-state index in [-0.39, 0.29) is 5.91 Å². The summed E-state index contributed by atoms with van der Waals surface area (Å²) >= 11 is 6.46. The molecule has 0 saturated carbocycles. The van der Waals surface area contributed by atoms with E-state index < -0.39 is 0 Å². The Balaban J connectivity index is 1.52. The maximum atomic E-state index is 12.5. The van der Waals surface area contributed by atoms with Crippen LogP contribution in [0.15, 0.2) is 29.6 Å². The monoisotopic (exact) mass is 371 g/mol. The summed E-state index contributed by atoms with van der Waals surface area (Å²) in [6, 6.07) is 7.48. The molecule has 0 bridgehead atoms. The topological polar surface area (TPSA) is 104 Å². The van der Waals surface area contributed by atoms with E-state index in [4.69, 9.17) is 12.2 Å². The van der Waals surface area contributed by atoms with Crippen LogP contribution in [-0.4, -0.2) is 35.9 Å².